The number of rotatable bonds is 8. The topological polar surface area (TPSA) is 84.9 Å². The molecule has 2 rings (SSSR count). The van der Waals surface area contributed by atoms with Crippen molar-refractivity contribution >= 4 is 11.9 Å². The van der Waals surface area contributed by atoms with Crippen molar-refractivity contribution in [2.75, 3.05) is 13.2 Å². The maximum atomic E-state index is 11.9. The summed E-state index contributed by atoms with van der Waals surface area (Å²) in [6, 6.07) is 12.6. The van der Waals surface area contributed by atoms with E-state index in [-0.39, 0.29) is 12.5 Å². The van der Waals surface area contributed by atoms with Gasteiger partial charge in [0.15, 0.2) is 13.2 Å². The van der Waals surface area contributed by atoms with Crippen LogP contribution in [0.4, 0.5) is 0 Å². The van der Waals surface area contributed by atoms with Gasteiger partial charge in [-0.15, -0.1) is 0 Å². The van der Waals surface area contributed by atoms with E-state index in [0.29, 0.717) is 18.0 Å². The Morgan fingerprint density at radius 1 is 0.960 bits per heavy atom. The monoisotopic (exact) mass is 343 g/mol. The van der Waals surface area contributed by atoms with E-state index >= 15 is 0 Å². The molecule has 2 N–H and O–H groups in total. The lowest BCUT2D eigenvalue weighted by Gasteiger charge is -2.10. The van der Waals surface area contributed by atoms with E-state index < -0.39 is 12.6 Å². The fraction of sp³-hybridized carbons (Fsp3) is 0.263. The number of carbonyl (C=O) groups is 2. The molecule has 0 aliphatic heterocycles. The minimum atomic E-state index is -1.04. The largest absolute Gasteiger partial charge is 0.484 e. The Kier molecular flexibility index (Phi) is 6.39. The van der Waals surface area contributed by atoms with E-state index in [1.165, 1.54) is 5.56 Å². The van der Waals surface area contributed by atoms with Crippen LogP contribution < -0.4 is 14.8 Å². The lowest BCUT2D eigenvalue weighted by atomic mass is 10.1. The number of amides is 1. The molecule has 0 aliphatic rings. The normalized spacial score (nSPS) is 10.2. The molecule has 25 heavy (non-hydrogen) atoms. The maximum absolute atomic E-state index is 11.9. The molecule has 0 saturated carbocycles. The van der Waals surface area contributed by atoms with Crippen LogP contribution in [0.1, 0.15) is 16.7 Å². The molecule has 0 saturated heterocycles. The van der Waals surface area contributed by atoms with Gasteiger partial charge in [0.05, 0.1) is 0 Å². The van der Waals surface area contributed by atoms with Crippen LogP contribution in [0.3, 0.4) is 0 Å². The number of aryl methyl sites for hydroxylation is 2. The Hall–Kier alpha value is -3.02. The summed E-state index contributed by atoms with van der Waals surface area (Å²) < 4.78 is 10.6. The zero-order valence-corrected chi connectivity index (χ0v) is 14.2. The second-order valence-corrected chi connectivity index (χ2v) is 5.64. The fourth-order valence-electron chi connectivity index (χ4n) is 2.09. The van der Waals surface area contributed by atoms with Gasteiger partial charge < -0.3 is 19.9 Å². The third-order valence-electron chi connectivity index (χ3n) is 3.60. The van der Waals surface area contributed by atoms with Gasteiger partial charge in [-0.1, -0.05) is 18.2 Å². The number of hydrogen-bond donors (Lipinski definition) is 2. The lowest BCUT2D eigenvalue weighted by molar-refractivity contribution is -0.139. The van der Waals surface area contributed by atoms with E-state index in [0.717, 1.165) is 11.1 Å². The summed E-state index contributed by atoms with van der Waals surface area (Å²) >= 11 is 0. The third kappa shape index (κ3) is 6.18. The van der Waals surface area contributed by atoms with Gasteiger partial charge in [-0.05, 0) is 54.8 Å². The van der Waals surface area contributed by atoms with E-state index in [1.54, 1.807) is 18.2 Å². The van der Waals surface area contributed by atoms with Crippen LogP contribution in [0.15, 0.2) is 42.5 Å². The number of nitrogens with one attached hydrogen (secondary N) is 1. The predicted octanol–water partition coefficient (Wildman–Crippen LogP) is 2.46. The van der Waals surface area contributed by atoms with Crippen LogP contribution in [0.5, 0.6) is 11.5 Å². The van der Waals surface area contributed by atoms with E-state index in [1.807, 2.05) is 38.1 Å². The van der Waals surface area contributed by atoms with Crippen molar-refractivity contribution in [2.24, 2.45) is 0 Å². The number of hydrogen-bond acceptors (Lipinski definition) is 4. The van der Waals surface area contributed by atoms with Gasteiger partial charge in [0.25, 0.3) is 5.91 Å². The number of carbonyl (C=O) groups excluding carboxylic acids is 1. The van der Waals surface area contributed by atoms with Gasteiger partial charge in [-0.3, -0.25) is 4.79 Å². The fourth-order valence-corrected chi connectivity index (χ4v) is 2.09. The molecule has 0 bridgehead atoms. The van der Waals surface area contributed by atoms with Crippen molar-refractivity contribution in [3.8, 4) is 11.5 Å². The average Bonchev–Trinajstić information content (AvgIpc) is 2.59. The Labute approximate surface area is 146 Å². The molecule has 2 aromatic rings. The van der Waals surface area contributed by atoms with E-state index in [4.69, 9.17) is 14.6 Å². The number of benzene rings is 2. The molecule has 0 aromatic heterocycles. The zero-order chi connectivity index (χ0) is 18.2. The molecule has 0 fully saturated rings. The SMILES string of the molecule is Cc1ccc(OCC(=O)NCc2cccc(OCC(=O)O)c2)cc1C. The molecule has 0 atom stereocenters. The van der Waals surface area contributed by atoms with Crippen molar-refractivity contribution < 1.29 is 24.2 Å². The maximum Gasteiger partial charge on any atom is 0.341 e. The van der Waals surface area contributed by atoms with Gasteiger partial charge in [0.2, 0.25) is 0 Å². The first-order valence-corrected chi connectivity index (χ1v) is 7.84. The van der Waals surface area contributed by atoms with Crippen LogP contribution in [0.2, 0.25) is 0 Å². The molecule has 1 amide bonds. The first kappa shape index (κ1) is 18.3. The molecule has 6 nitrogen and oxygen atoms in total. The lowest BCUT2D eigenvalue weighted by Crippen LogP contribution is -2.28. The van der Waals surface area contributed by atoms with Crippen molar-refractivity contribution in [3.05, 3.63) is 59.2 Å². The van der Waals surface area contributed by atoms with Gasteiger partial charge in [-0.25, -0.2) is 4.79 Å². The molecule has 2 aromatic carbocycles. The Morgan fingerprint density at radius 2 is 1.68 bits per heavy atom. The molecule has 0 radical (unpaired) electrons. The van der Waals surface area contributed by atoms with Gasteiger partial charge >= 0.3 is 5.97 Å². The van der Waals surface area contributed by atoms with Crippen molar-refractivity contribution in [1.29, 1.82) is 0 Å². The summed E-state index contributed by atoms with van der Waals surface area (Å²) in [5.74, 6) is -0.180. The number of aliphatic carboxylic acids is 1. The summed E-state index contributed by atoms with van der Waals surface area (Å²) in [6.45, 7) is 3.83. The van der Waals surface area contributed by atoms with Gasteiger partial charge in [0.1, 0.15) is 11.5 Å². The number of carboxylic acids is 1. The molecular formula is C19H21NO5. The molecule has 0 aliphatic carbocycles. The molecule has 132 valence electrons. The Bertz CT molecular complexity index is 757. The Morgan fingerprint density at radius 3 is 2.40 bits per heavy atom. The first-order valence-electron chi connectivity index (χ1n) is 7.84. The molecule has 0 unspecified atom stereocenters. The number of carboxylic acid groups (broad SMARTS) is 1. The standard InChI is InChI=1S/C19H21NO5/c1-13-6-7-17(8-14(13)2)24-11-18(21)20-10-15-4-3-5-16(9-15)25-12-19(22)23/h3-9H,10-12H2,1-2H3,(H,20,21)(H,22,23). The minimum Gasteiger partial charge on any atom is -0.484 e. The second-order valence-electron chi connectivity index (χ2n) is 5.64. The highest BCUT2D eigenvalue weighted by Crippen LogP contribution is 2.16. The van der Waals surface area contributed by atoms with Gasteiger partial charge in [-0.2, -0.15) is 0 Å². The van der Waals surface area contributed by atoms with E-state index in [2.05, 4.69) is 5.32 Å². The van der Waals surface area contributed by atoms with E-state index in [9.17, 15) is 9.59 Å². The average molecular weight is 343 g/mol. The summed E-state index contributed by atoms with van der Waals surface area (Å²) in [4.78, 5) is 22.4. The minimum absolute atomic E-state index is 0.0717. The molecule has 0 spiro atoms. The quantitative estimate of drug-likeness (QED) is 0.769. The van der Waals surface area contributed by atoms with Crippen molar-refractivity contribution in [1.82, 2.24) is 5.32 Å². The van der Waals surface area contributed by atoms with Crippen LogP contribution in [0, 0.1) is 13.8 Å². The third-order valence-corrected chi connectivity index (χ3v) is 3.60. The first-order chi connectivity index (χ1) is 11.9. The summed E-state index contributed by atoms with van der Waals surface area (Å²) in [7, 11) is 0. The summed E-state index contributed by atoms with van der Waals surface area (Å²) in [5.41, 5.74) is 3.08. The highest BCUT2D eigenvalue weighted by molar-refractivity contribution is 5.77. The number of ether oxygens (including phenoxy) is 2. The van der Waals surface area contributed by atoms with Crippen LogP contribution in [-0.4, -0.2) is 30.2 Å². The van der Waals surface area contributed by atoms with Crippen molar-refractivity contribution in [3.63, 3.8) is 0 Å². The van der Waals surface area contributed by atoms with Crippen molar-refractivity contribution in [2.45, 2.75) is 20.4 Å². The van der Waals surface area contributed by atoms with Crippen LogP contribution in [-0.2, 0) is 16.1 Å². The van der Waals surface area contributed by atoms with Gasteiger partial charge in [0, 0.05) is 6.54 Å². The zero-order valence-electron chi connectivity index (χ0n) is 14.2. The highest BCUT2D eigenvalue weighted by atomic mass is 16.5. The smallest absolute Gasteiger partial charge is 0.341 e. The molecule has 6 heteroatoms. The van der Waals surface area contributed by atoms with Crippen LogP contribution in [0.25, 0.3) is 0 Å². The predicted molar refractivity (Wildman–Crippen MR) is 92.8 cm³/mol. The summed E-state index contributed by atoms with van der Waals surface area (Å²) in [6.07, 6.45) is 0. The second kappa shape index (κ2) is 8.73. The summed E-state index contributed by atoms with van der Waals surface area (Å²) in [5, 5.41) is 11.4. The highest BCUT2D eigenvalue weighted by Gasteiger charge is 2.05. The molecular weight excluding hydrogens is 322 g/mol. The van der Waals surface area contributed by atoms with Crippen LogP contribution >= 0.6 is 0 Å². The Balaban J connectivity index is 1.80. The molecule has 0 heterocycles.